The summed E-state index contributed by atoms with van der Waals surface area (Å²) in [5.41, 5.74) is 4.11. The van der Waals surface area contributed by atoms with E-state index in [9.17, 15) is 9.59 Å². The number of hydrogen-bond acceptors (Lipinski definition) is 5. The molecule has 2 N–H and O–H groups in total. The van der Waals surface area contributed by atoms with Crippen molar-refractivity contribution in [1.29, 1.82) is 0 Å². The third-order valence-corrected chi connectivity index (χ3v) is 5.26. The summed E-state index contributed by atoms with van der Waals surface area (Å²) < 4.78 is 10.9. The summed E-state index contributed by atoms with van der Waals surface area (Å²) in [6.45, 7) is 0.190. The van der Waals surface area contributed by atoms with E-state index < -0.39 is 18.2 Å². The fourth-order valence-corrected chi connectivity index (χ4v) is 3.45. The highest BCUT2D eigenvalue weighted by Crippen LogP contribution is 2.25. The van der Waals surface area contributed by atoms with Crippen LogP contribution in [0.3, 0.4) is 0 Å². The standard InChI is InChI=1S/C24H20Cl3N3O4/c1-33-20-4-2-3-19(11-20)29-23(31)12-24(32)30-28-13-16-9-17(25)7-8-22(16)34-14-15-5-6-18(26)10-21(15)27/h2-11,13H,12,14H2,1H3,(H,29,31)(H,30,32). The van der Waals surface area contributed by atoms with E-state index in [0.717, 1.165) is 5.56 Å². The van der Waals surface area contributed by atoms with Gasteiger partial charge in [0.1, 0.15) is 24.5 Å². The fourth-order valence-electron chi connectivity index (χ4n) is 2.81. The molecule has 3 rings (SSSR count). The zero-order chi connectivity index (χ0) is 24.5. The van der Waals surface area contributed by atoms with Crippen LogP contribution < -0.4 is 20.2 Å². The highest BCUT2D eigenvalue weighted by molar-refractivity contribution is 6.35. The minimum atomic E-state index is -0.589. The molecule has 0 aliphatic heterocycles. The molecule has 0 fully saturated rings. The number of nitrogens with zero attached hydrogens (tertiary/aromatic N) is 1. The second-order valence-corrected chi connectivity index (χ2v) is 8.24. The maximum Gasteiger partial charge on any atom is 0.249 e. The molecule has 0 aliphatic rings. The van der Waals surface area contributed by atoms with E-state index in [2.05, 4.69) is 15.8 Å². The van der Waals surface area contributed by atoms with Gasteiger partial charge in [-0.1, -0.05) is 46.9 Å². The molecule has 0 heterocycles. The Labute approximate surface area is 211 Å². The monoisotopic (exact) mass is 519 g/mol. The van der Waals surface area contributed by atoms with Crippen LogP contribution in [0.1, 0.15) is 17.5 Å². The maximum absolute atomic E-state index is 12.1. The second-order valence-electron chi connectivity index (χ2n) is 6.96. The summed E-state index contributed by atoms with van der Waals surface area (Å²) in [4.78, 5) is 24.2. The molecular formula is C24H20Cl3N3O4. The molecule has 0 unspecified atom stereocenters. The van der Waals surface area contributed by atoms with E-state index in [1.807, 2.05) is 0 Å². The Morgan fingerprint density at radius 2 is 1.74 bits per heavy atom. The summed E-state index contributed by atoms with van der Waals surface area (Å²) in [7, 11) is 1.52. The van der Waals surface area contributed by atoms with Crippen molar-refractivity contribution in [3.8, 4) is 11.5 Å². The average Bonchev–Trinajstić information content (AvgIpc) is 2.79. The van der Waals surface area contributed by atoms with Crippen LogP contribution in [0.4, 0.5) is 5.69 Å². The Morgan fingerprint density at radius 3 is 2.50 bits per heavy atom. The predicted molar refractivity (Wildman–Crippen MR) is 134 cm³/mol. The number of rotatable bonds is 9. The predicted octanol–water partition coefficient (Wildman–Crippen LogP) is 5.71. The Balaban J connectivity index is 1.57. The normalized spacial score (nSPS) is 10.7. The maximum atomic E-state index is 12.1. The molecule has 0 aromatic heterocycles. The summed E-state index contributed by atoms with van der Waals surface area (Å²) in [5.74, 6) is -0.0180. The van der Waals surface area contributed by atoms with Crippen LogP contribution in [0.25, 0.3) is 0 Å². The van der Waals surface area contributed by atoms with Crippen molar-refractivity contribution in [2.45, 2.75) is 13.0 Å². The van der Waals surface area contributed by atoms with Crippen molar-refractivity contribution >= 4 is 58.5 Å². The number of methoxy groups -OCH3 is 1. The van der Waals surface area contributed by atoms with Gasteiger partial charge in [-0.3, -0.25) is 9.59 Å². The molecule has 0 bridgehead atoms. The van der Waals surface area contributed by atoms with Crippen molar-refractivity contribution in [2.24, 2.45) is 5.10 Å². The van der Waals surface area contributed by atoms with Crippen LogP contribution >= 0.6 is 34.8 Å². The smallest absolute Gasteiger partial charge is 0.249 e. The number of nitrogens with one attached hydrogen (secondary N) is 2. The van der Waals surface area contributed by atoms with Gasteiger partial charge in [-0.15, -0.1) is 0 Å². The van der Waals surface area contributed by atoms with Crippen molar-refractivity contribution in [1.82, 2.24) is 5.43 Å². The van der Waals surface area contributed by atoms with E-state index in [-0.39, 0.29) is 6.61 Å². The number of hydrazone groups is 1. The summed E-state index contributed by atoms with van der Waals surface area (Å²) >= 11 is 18.2. The highest BCUT2D eigenvalue weighted by atomic mass is 35.5. The number of hydrogen-bond donors (Lipinski definition) is 2. The van der Waals surface area contributed by atoms with Gasteiger partial charge in [0.15, 0.2) is 0 Å². The van der Waals surface area contributed by atoms with Crippen molar-refractivity contribution in [2.75, 3.05) is 12.4 Å². The first kappa shape index (κ1) is 25.4. The number of benzene rings is 3. The fraction of sp³-hybridized carbons (Fsp3) is 0.125. The molecule has 2 amide bonds. The second kappa shape index (κ2) is 12.3. The minimum Gasteiger partial charge on any atom is -0.497 e. The van der Waals surface area contributed by atoms with Crippen LogP contribution in [0.2, 0.25) is 15.1 Å². The van der Waals surface area contributed by atoms with Crippen molar-refractivity contribution in [3.63, 3.8) is 0 Å². The Kier molecular flexibility index (Phi) is 9.16. The number of halogens is 3. The lowest BCUT2D eigenvalue weighted by Crippen LogP contribution is -2.24. The molecule has 0 atom stereocenters. The molecule has 10 heteroatoms. The average molecular weight is 521 g/mol. The van der Waals surface area contributed by atoms with Gasteiger partial charge >= 0.3 is 0 Å². The topological polar surface area (TPSA) is 89.0 Å². The molecule has 34 heavy (non-hydrogen) atoms. The highest BCUT2D eigenvalue weighted by Gasteiger charge is 2.10. The van der Waals surface area contributed by atoms with E-state index >= 15 is 0 Å². The number of carbonyl (C=O) groups excluding carboxylic acids is 2. The van der Waals surface area contributed by atoms with Crippen molar-refractivity contribution < 1.29 is 19.1 Å². The molecule has 0 aliphatic carbocycles. The van der Waals surface area contributed by atoms with Crippen LogP contribution in [-0.4, -0.2) is 25.1 Å². The first-order chi connectivity index (χ1) is 16.3. The number of ether oxygens (including phenoxy) is 2. The lowest BCUT2D eigenvalue weighted by atomic mass is 10.2. The summed E-state index contributed by atoms with van der Waals surface area (Å²) in [6.07, 6.45) is 0.963. The minimum absolute atomic E-state index is 0.190. The van der Waals surface area contributed by atoms with Gasteiger partial charge in [-0.05, 0) is 42.5 Å². The Hall–Kier alpha value is -3.26. The van der Waals surface area contributed by atoms with Crippen LogP contribution in [-0.2, 0) is 16.2 Å². The van der Waals surface area contributed by atoms with E-state index in [4.69, 9.17) is 44.3 Å². The van der Waals surface area contributed by atoms with E-state index in [0.29, 0.717) is 37.8 Å². The number of anilines is 1. The molecule has 0 saturated heterocycles. The Morgan fingerprint density at radius 1 is 0.971 bits per heavy atom. The third kappa shape index (κ3) is 7.66. The summed E-state index contributed by atoms with van der Waals surface area (Å²) in [5, 5.41) is 8.00. The molecule has 0 saturated carbocycles. The van der Waals surface area contributed by atoms with Crippen LogP contribution in [0.15, 0.2) is 65.8 Å². The number of amides is 2. The first-order valence-electron chi connectivity index (χ1n) is 9.96. The zero-order valence-corrected chi connectivity index (χ0v) is 20.2. The zero-order valence-electron chi connectivity index (χ0n) is 18.0. The van der Waals surface area contributed by atoms with Gasteiger partial charge in [-0.25, -0.2) is 5.43 Å². The van der Waals surface area contributed by atoms with E-state index in [1.165, 1.54) is 13.3 Å². The molecule has 0 spiro atoms. The molecule has 7 nitrogen and oxygen atoms in total. The first-order valence-corrected chi connectivity index (χ1v) is 11.1. The third-order valence-electron chi connectivity index (χ3n) is 4.44. The largest absolute Gasteiger partial charge is 0.497 e. The van der Waals surface area contributed by atoms with Gasteiger partial charge in [0.25, 0.3) is 0 Å². The molecule has 0 radical (unpaired) electrons. The lowest BCUT2D eigenvalue weighted by Gasteiger charge is -2.11. The summed E-state index contributed by atoms with van der Waals surface area (Å²) in [6, 6.07) is 16.9. The lowest BCUT2D eigenvalue weighted by molar-refractivity contribution is -0.126. The SMILES string of the molecule is COc1cccc(NC(=O)CC(=O)NN=Cc2cc(Cl)ccc2OCc2ccc(Cl)cc2Cl)c1. The van der Waals surface area contributed by atoms with Gasteiger partial charge in [0.2, 0.25) is 11.8 Å². The van der Waals surface area contributed by atoms with Crippen LogP contribution in [0.5, 0.6) is 11.5 Å². The quantitative estimate of drug-likeness (QED) is 0.215. The molecule has 3 aromatic rings. The molecule has 3 aromatic carbocycles. The van der Waals surface area contributed by atoms with E-state index in [1.54, 1.807) is 60.7 Å². The van der Waals surface area contributed by atoms with Crippen molar-refractivity contribution in [3.05, 3.63) is 86.9 Å². The van der Waals surface area contributed by atoms with Gasteiger partial charge in [-0.2, -0.15) is 5.10 Å². The molecule has 176 valence electrons. The number of carbonyl (C=O) groups is 2. The van der Waals surface area contributed by atoms with Crippen LogP contribution in [0, 0.1) is 0 Å². The van der Waals surface area contributed by atoms with Gasteiger partial charge in [0, 0.05) is 37.9 Å². The Bertz CT molecular complexity index is 1220. The van der Waals surface area contributed by atoms with Gasteiger partial charge in [0.05, 0.1) is 13.3 Å². The van der Waals surface area contributed by atoms with Gasteiger partial charge < -0.3 is 14.8 Å². The molecular weight excluding hydrogens is 501 g/mol.